The summed E-state index contributed by atoms with van der Waals surface area (Å²) in [5, 5.41) is 2.83. The highest BCUT2D eigenvalue weighted by Crippen LogP contribution is 2.32. The van der Waals surface area contributed by atoms with E-state index in [-0.39, 0.29) is 16.7 Å². The molecule has 0 saturated heterocycles. The summed E-state index contributed by atoms with van der Waals surface area (Å²) in [7, 11) is -3.87. The number of hydrogen-bond donors (Lipinski definition) is 2. The van der Waals surface area contributed by atoms with Gasteiger partial charge in [-0.05, 0) is 36.8 Å². The molecule has 1 atom stereocenters. The van der Waals surface area contributed by atoms with Crippen molar-refractivity contribution in [2.45, 2.75) is 51.5 Å². The predicted molar refractivity (Wildman–Crippen MR) is 103 cm³/mol. The maximum Gasteiger partial charge on any atom is 0.241 e. The predicted octanol–water partition coefficient (Wildman–Crippen LogP) is 2.31. The van der Waals surface area contributed by atoms with E-state index in [0.29, 0.717) is 37.2 Å². The van der Waals surface area contributed by atoms with Gasteiger partial charge < -0.3 is 14.8 Å². The summed E-state index contributed by atoms with van der Waals surface area (Å²) in [5.41, 5.74) is 0. The zero-order valence-electron chi connectivity index (χ0n) is 16.4. The Bertz CT molecular complexity index is 746. The SMILES string of the molecule is CC(C)CCCNC(=O)[C@@H](NS(=O)(=O)c1ccc2c(c1)OCCO2)C(C)C. The number of rotatable bonds is 9. The van der Waals surface area contributed by atoms with E-state index in [9.17, 15) is 13.2 Å². The number of carbonyl (C=O) groups is 1. The topological polar surface area (TPSA) is 93.7 Å². The van der Waals surface area contributed by atoms with Gasteiger partial charge >= 0.3 is 0 Å². The van der Waals surface area contributed by atoms with E-state index in [1.807, 2.05) is 13.8 Å². The van der Waals surface area contributed by atoms with Crippen LogP contribution in [0.25, 0.3) is 0 Å². The third kappa shape index (κ3) is 6.10. The molecule has 0 radical (unpaired) electrons. The van der Waals surface area contributed by atoms with Gasteiger partial charge in [-0.3, -0.25) is 4.79 Å². The van der Waals surface area contributed by atoms with Crippen molar-refractivity contribution in [2.75, 3.05) is 19.8 Å². The van der Waals surface area contributed by atoms with E-state index in [1.165, 1.54) is 12.1 Å². The van der Waals surface area contributed by atoms with Crippen LogP contribution in [0.2, 0.25) is 0 Å². The van der Waals surface area contributed by atoms with E-state index in [4.69, 9.17) is 9.47 Å². The summed E-state index contributed by atoms with van der Waals surface area (Å²) >= 11 is 0. The lowest BCUT2D eigenvalue weighted by Gasteiger charge is -2.23. The molecule has 152 valence electrons. The molecule has 0 saturated carbocycles. The average Bonchev–Trinajstić information content (AvgIpc) is 2.62. The molecule has 0 fully saturated rings. The molecule has 1 aliphatic heterocycles. The maximum atomic E-state index is 12.8. The van der Waals surface area contributed by atoms with E-state index in [2.05, 4.69) is 23.9 Å². The number of benzene rings is 1. The Balaban J connectivity index is 2.06. The lowest BCUT2D eigenvalue weighted by Crippen LogP contribution is -2.49. The Kier molecular flexibility index (Phi) is 7.49. The van der Waals surface area contributed by atoms with E-state index < -0.39 is 16.1 Å². The molecule has 8 heteroatoms. The van der Waals surface area contributed by atoms with Crippen LogP contribution in [0.1, 0.15) is 40.5 Å². The van der Waals surface area contributed by atoms with Gasteiger partial charge in [0.1, 0.15) is 19.3 Å². The van der Waals surface area contributed by atoms with Crippen LogP contribution in [0.3, 0.4) is 0 Å². The lowest BCUT2D eigenvalue weighted by atomic mass is 10.0. The van der Waals surface area contributed by atoms with Crippen LogP contribution in [-0.2, 0) is 14.8 Å². The molecule has 27 heavy (non-hydrogen) atoms. The first kappa shape index (κ1) is 21.5. The van der Waals surface area contributed by atoms with Crippen molar-refractivity contribution in [1.82, 2.24) is 10.0 Å². The van der Waals surface area contributed by atoms with Crippen LogP contribution < -0.4 is 19.5 Å². The highest BCUT2D eigenvalue weighted by Gasteiger charge is 2.29. The van der Waals surface area contributed by atoms with Gasteiger partial charge in [0.05, 0.1) is 4.90 Å². The molecular formula is C19H30N2O5S. The zero-order valence-corrected chi connectivity index (χ0v) is 17.3. The van der Waals surface area contributed by atoms with Crippen LogP contribution in [0.15, 0.2) is 23.1 Å². The van der Waals surface area contributed by atoms with Crippen molar-refractivity contribution in [3.63, 3.8) is 0 Å². The van der Waals surface area contributed by atoms with Crippen LogP contribution in [-0.4, -0.2) is 40.1 Å². The van der Waals surface area contributed by atoms with Crippen LogP contribution in [0, 0.1) is 11.8 Å². The number of carbonyl (C=O) groups excluding carboxylic acids is 1. The average molecular weight is 399 g/mol. The highest BCUT2D eigenvalue weighted by atomic mass is 32.2. The smallest absolute Gasteiger partial charge is 0.241 e. The Morgan fingerprint density at radius 1 is 1.11 bits per heavy atom. The van der Waals surface area contributed by atoms with Gasteiger partial charge in [-0.25, -0.2) is 8.42 Å². The summed E-state index contributed by atoms with van der Waals surface area (Å²) in [6, 6.07) is 3.60. The summed E-state index contributed by atoms with van der Waals surface area (Å²) in [6.07, 6.45) is 1.87. The highest BCUT2D eigenvalue weighted by molar-refractivity contribution is 7.89. The molecule has 1 aliphatic rings. The first-order valence-corrected chi connectivity index (χ1v) is 10.9. The fourth-order valence-electron chi connectivity index (χ4n) is 2.75. The minimum absolute atomic E-state index is 0.0463. The molecule has 0 aliphatic carbocycles. The van der Waals surface area contributed by atoms with Gasteiger partial charge in [0.25, 0.3) is 0 Å². The molecule has 7 nitrogen and oxygen atoms in total. The van der Waals surface area contributed by atoms with Crippen molar-refractivity contribution in [1.29, 1.82) is 0 Å². The molecule has 1 aromatic carbocycles. The minimum Gasteiger partial charge on any atom is -0.486 e. The number of hydrogen-bond acceptors (Lipinski definition) is 5. The molecule has 0 spiro atoms. The molecule has 0 bridgehead atoms. The summed E-state index contributed by atoms with van der Waals surface area (Å²) in [4.78, 5) is 12.5. The molecule has 1 aromatic rings. The number of sulfonamides is 1. The van der Waals surface area contributed by atoms with E-state index in [0.717, 1.165) is 12.8 Å². The fourth-order valence-corrected chi connectivity index (χ4v) is 4.11. The molecule has 2 N–H and O–H groups in total. The molecular weight excluding hydrogens is 368 g/mol. The number of nitrogens with one attached hydrogen (secondary N) is 2. The van der Waals surface area contributed by atoms with Crippen molar-refractivity contribution in [3.05, 3.63) is 18.2 Å². The van der Waals surface area contributed by atoms with Gasteiger partial charge in [0.15, 0.2) is 11.5 Å². The van der Waals surface area contributed by atoms with Crippen molar-refractivity contribution < 1.29 is 22.7 Å². The summed E-state index contributed by atoms with van der Waals surface area (Å²) < 4.78 is 38.9. The normalized spacial score (nSPS) is 15.0. The van der Waals surface area contributed by atoms with Gasteiger partial charge in [0.2, 0.25) is 15.9 Å². The fraction of sp³-hybridized carbons (Fsp3) is 0.632. The number of amides is 1. The molecule has 1 heterocycles. The first-order chi connectivity index (χ1) is 12.7. The maximum absolute atomic E-state index is 12.8. The molecule has 0 unspecified atom stereocenters. The van der Waals surface area contributed by atoms with E-state index >= 15 is 0 Å². The van der Waals surface area contributed by atoms with E-state index in [1.54, 1.807) is 6.07 Å². The van der Waals surface area contributed by atoms with Crippen LogP contribution in [0.5, 0.6) is 11.5 Å². The third-order valence-electron chi connectivity index (χ3n) is 4.31. The lowest BCUT2D eigenvalue weighted by molar-refractivity contribution is -0.123. The zero-order chi connectivity index (χ0) is 20.0. The Labute approximate surface area is 161 Å². The van der Waals surface area contributed by atoms with Crippen molar-refractivity contribution in [2.24, 2.45) is 11.8 Å². The van der Waals surface area contributed by atoms with Gasteiger partial charge in [-0.1, -0.05) is 27.7 Å². The molecule has 1 amide bonds. The molecule has 2 rings (SSSR count). The van der Waals surface area contributed by atoms with Crippen molar-refractivity contribution >= 4 is 15.9 Å². The second kappa shape index (κ2) is 9.41. The Hall–Kier alpha value is -1.80. The quantitative estimate of drug-likeness (QED) is 0.623. The first-order valence-electron chi connectivity index (χ1n) is 9.40. The van der Waals surface area contributed by atoms with Gasteiger partial charge in [-0.2, -0.15) is 4.72 Å². The Morgan fingerprint density at radius 2 is 1.78 bits per heavy atom. The van der Waals surface area contributed by atoms with Crippen LogP contribution in [0.4, 0.5) is 0 Å². The third-order valence-corrected chi connectivity index (χ3v) is 5.75. The summed E-state index contributed by atoms with van der Waals surface area (Å²) in [6.45, 7) is 9.21. The summed E-state index contributed by atoms with van der Waals surface area (Å²) in [5.74, 6) is 0.973. The second-order valence-electron chi connectivity index (χ2n) is 7.48. The Morgan fingerprint density at radius 3 is 2.41 bits per heavy atom. The largest absolute Gasteiger partial charge is 0.486 e. The van der Waals surface area contributed by atoms with Crippen molar-refractivity contribution in [3.8, 4) is 11.5 Å². The van der Waals surface area contributed by atoms with Gasteiger partial charge in [-0.15, -0.1) is 0 Å². The number of ether oxygens (including phenoxy) is 2. The minimum atomic E-state index is -3.87. The molecule has 0 aromatic heterocycles. The monoisotopic (exact) mass is 398 g/mol. The van der Waals surface area contributed by atoms with Crippen LogP contribution >= 0.6 is 0 Å². The number of fused-ring (bicyclic) bond motifs is 1. The standard InChI is InChI=1S/C19H30N2O5S/c1-13(2)6-5-9-20-19(22)18(14(3)4)21-27(23,24)15-7-8-16-17(12-15)26-11-10-25-16/h7-8,12-14,18,21H,5-6,9-11H2,1-4H3,(H,20,22)/t18-/m0/s1. The van der Waals surface area contributed by atoms with Gasteiger partial charge in [0, 0.05) is 12.6 Å². The second-order valence-corrected chi connectivity index (χ2v) is 9.19.